The molecule has 0 aliphatic carbocycles. The van der Waals surface area contributed by atoms with Gasteiger partial charge in [-0.3, -0.25) is 10.1 Å². The molecule has 0 unspecified atom stereocenters. The van der Waals surface area contributed by atoms with Crippen molar-refractivity contribution in [2.45, 2.75) is 45.4 Å². The summed E-state index contributed by atoms with van der Waals surface area (Å²) in [7, 11) is 1.59. The summed E-state index contributed by atoms with van der Waals surface area (Å²) < 4.78 is 76.3. The van der Waals surface area contributed by atoms with E-state index in [0.29, 0.717) is 23.5 Å². The summed E-state index contributed by atoms with van der Waals surface area (Å²) in [5.74, 6) is -0.225. The summed E-state index contributed by atoms with van der Waals surface area (Å²) in [5.41, 5.74) is -0.645. The standard InChI is InChI=1S/C30H29F4N3O5/c1-5-40-24-13-21(16-35-28(24)41-17-18-6-10-22(39-4)11-7-18)19-8-9-20(23(31)12-19)14-26(38)36-27-15-25(37-42-27)29(2,3)30(32,33)34/h6-13,15-16H,5,14,17H2,1-4H3,(H,36,38). The van der Waals surface area contributed by atoms with Crippen LogP contribution >= 0.6 is 0 Å². The van der Waals surface area contributed by atoms with Crippen LogP contribution < -0.4 is 19.5 Å². The number of nitrogens with zero attached hydrogens (tertiary/aromatic N) is 2. The van der Waals surface area contributed by atoms with E-state index in [2.05, 4.69) is 15.5 Å². The second kappa shape index (κ2) is 12.5. The maximum Gasteiger partial charge on any atom is 0.399 e. The van der Waals surface area contributed by atoms with Crippen molar-refractivity contribution in [2.24, 2.45) is 0 Å². The summed E-state index contributed by atoms with van der Waals surface area (Å²) >= 11 is 0. The van der Waals surface area contributed by atoms with E-state index >= 15 is 0 Å². The number of amides is 1. The zero-order valence-electron chi connectivity index (χ0n) is 23.3. The first-order valence-corrected chi connectivity index (χ1v) is 12.9. The average Bonchev–Trinajstić information content (AvgIpc) is 3.42. The largest absolute Gasteiger partial charge is 0.497 e. The van der Waals surface area contributed by atoms with Crippen LogP contribution in [0.1, 0.15) is 37.6 Å². The summed E-state index contributed by atoms with van der Waals surface area (Å²) in [6, 6.07) is 14.4. The molecule has 0 spiro atoms. The molecule has 0 saturated heterocycles. The summed E-state index contributed by atoms with van der Waals surface area (Å²) in [6.07, 6.45) is -3.43. The number of halogens is 4. The first-order valence-electron chi connectivity index (χ1n) is 12.9. The van der Waals surface area contributed by atoms with Crippen molar-refractivity contribution in [2.75, 3.05) is 19.0 Å². The fraction of sp³-hybridized carbons (Fsp3) is 0.300. The fourth-order valence-electron chi connectivity index (χ4n) is 3.83. The number of alkyl halides is 3. The lowest BCUT2D eigenvalue weighted by atomic mass is 9.89. The van der Waals surface area contributed by atoms with Gasteiger partial charge in [0.2, 0.25) is 11.8 Å². The highest BCUT2D eigenvalue weighted by Gasteiger charge is 2.50. The Bertz CT molecular complexity index is 1530. The maximum atomic E-state index is 15.0. The first kappa shape index (κ1) is 30.4. The number of pyridine rings is 1. The highest BCUT2D eigenvalue weighted by Crippen LogP contribution is 2.40. The van der Waals surface area contributed by atoms with Crippen LogP contribution in [0.15, 0.2) is 65.3 Å². The van der Waals surface area contributed by atoms with Crippen LogP contribution in [0.3, 0.4) is 0 Å². The Morgan fingerprint density at radius 1 is 1.00 bits per heavy atom. The Morgan fingerprint density at radius 2 is 1.74 bits per heavy atom. The zero-order chi connectivity index (χ0) is 30.5. The van der Waals surface area contributed by atoms with E-state index in [1.807, 2.05) is 31.2 Å². The first-order chi connectivity index (χ1) is 19.9. The van der Waals surface area contributed by atoms with Gasteiger partial charge in [-0.15, -0.1) is 0 Å². The van der Waals surface area contributed by atoms with Gasteiger partial charge in [0.1, 0.15) is 29.3 Å². The van der Waals surface area contributed by atoms with Crippen molar-refractivity contribution in [3.05, 3.63) is 83.4 Å². The van der Waals surface area contributed by atoms with Crippen molar-refractivity contribution in [1.29, 1.82) is 0 Å². The summed E-state index contributed by atoms with van der Waals surface area (Å²) in [5, 5.41) is 5.74. The van der Waals surface area contributed by atoms with Gasteiger partial charge >= 0.3 is 6.18 Å². The number of ether oxygens (including phenoxy) is 3. The quantitative estimate of drug-likeness (QED) is 0.191. The lowest BCUT2D eigenvalue weighted by molar-refractivity contribution is -0.181. The number of carbonyl (C=O) groups excluding carboxylic acids is 1. The monoisotopic (exact) mass is 587 g/mol. The van der Waals surface area contributed by atoms with Crippen LogP contribution in [0.25, 0.3) is 11.1 Å². The molecule has 1 amide bonds. The van der Waals surface area contributed by atoms with Gasteiger partial charge < -0.3 is 18.7 Å². The van der Waals surface area contributed by atoms with E-state index in [4.69, 9.17) is 18.7 Å². The molecule has 42 heavy (non-hydrogen) atoms. The van der Waals surface area contributed by atoms with Gasteiger partial charge in [-0.1, -0.05) is 29.4 Å². The Kier molecular flexibility index (Phi) is 9.03. The predicted octanol–water partition coefficient (Wildman–Crippen LogP) is 6.88. The molecule has 8 nitrogen and oxygen atoms in total. The molecule has 2 aromatic heterocycles. The second-order valence-corrected chi connectivity index (χ2v) is 9.83. The molecule has 0 radical (unpaired) electrons. The van der Waals surface area contributed by atoms with Gasteiger partial charge in [0.15, 0.2) is 5.75 Å². The van der Waals surface area contributed by atoms with Crippen LogP contribution in [0, 0.1) is 5.82 Å². The maximum absolute atomic E-state index is 15.0. The fourth-order valence-corrected chi connectivity index (χ4v) is 3.83. The predicted molar refractivity (Wildman–Crippen MR) is 146 cm³/mol. The van der Waals surface area contributed by atoms with E-state index in [9.17, 15) is 22.4 Å². The van der Waals surface area contributed by atoms with E-state index in [1.165, 1.54) is 18.3 Å². The highest BCUT2D eigenvalue weighted by molar-refractivity contribution is 5.91. The zero-order valence-corrected chi connectivity index (χ0v) is 23.3. The Hall–Kier alpha value is -4.61. The van der Waals surface area contributed by atoms with Crippen LogP contribution in [0.4, 0.5) is 23.4 Å². The third-order valence-electron chi connectivity index (χ3n) is 6.51. The molecule has 2 aromatic carbocycles. The number of nitrogens with one attached hydrogen (secondary N) is 1. The van der Waals surface area contributed by atoms with Crippen molar-refractivity contribution in [1.82, 2.24) is 10.1 Å². The minimum atomic E-state index is -4.57. The van der Waals surface area contributed by atoms with Gasteiger partial charge in [-0.05, 0) is 61.7 Å². The Balaban J connectivity index is 1.43. The van der Waals surface area contributed by atoms with Crippen molar-refractivity contribution >= 4 is 11.8 Å². The number of rotatable bonds is 11. The average molecular weight is 588 g/mol. The Morgan fingerprint density at radius 3 is 2.38 bits per heavy atom. The van der Waals surface area contributed by atoms with Gasteiger partial charge in [0, 0.05) is 17.8 Å². The third kappa shape index (κ3) is 6.99. The summed E-state index contributed by atoms with van der Waals surface area (Å²) in [6.45, 7) is 4.31. The van der Waals surface area contributed by atoms with E-state index in [1.54, 1.807) is 19.2 Å². The molecule has 0 atom stereocenters. The van der Waals surface area contributed by atoms with Crippen molar-refractivity contribution in [3.8, 4) is 28.5 Å². The van der Waals surface area contributed by atoms with Crippen molar-refractivity contribution < 1.29 is 41.1 Å². The minimum absolute atomic E-state index is 0.0732. The van der Waals surface area contributed by atoms with Crippen LogP contribution in [-0.2, 0) is 23.2 Å². The van der Waals surface area contributed by atoms with Crippen molar-refractivity contribution in [3.63, 3.8) is 0 Å². The lowest BCUT2D eigenvalue weighted by Gasteiger charge is -2.24. The number of carbonyl (C=O) groups is 1. The van der Waals surface area contributed by atoms with Gasteiger partial charge in [-0.2, -0.15) is 13.2 Å². The van der Waals surface area contributed by atoms with Crippen LogP contribution in [0.5, 0.6) is 17.4 Å². The number of aromatic nitrogens is 2. The third-order valence-corrected chi connectivity index (χ3v) is 6.51. The Labute approximate surface area is 239 Å². The second-order valence-electron chi connectivity index (χ2n) is 9.83. The molecule has 0 aliphatic heterocycles. The molecular formula is C30H29F4N3O5. The molecule has 0 saturated carbocycles. The molecule has 0 aliphatic rings. The molecule has 1 N–H and O–H groups in total. The van der Waals surface area contributed by atoms with Crippen LogP contribution in [-0.4, -0.2) is 35.9 Å². The smallest absolute Gasteiger partial charge is 0.399 e. The number of hydrogen-bond acceptors (Lipinski definition) is 7. The molecule has 0 bridgehead atoms. The molecule has 222 valence electrons. The molecule has 4 rings (SSSR count). The molecular weight excluding hydrogens is 558 g/mol. The number of methoxy groups -OCH3 is 1. The number of anilines is 1. The number of hydrogen-bond donors (Lipinski definition) is 1. The van der Waals surface area contributed by atoms with Gasteiger partial charge in [0.05, 0.1) is 20.1 Å². The molecule has 0 fully saturated rings. The van der Waals surface area contributed by atoms with Gasteiger partial charge in [0.25, 0.3) is 5.88 Å². The lowest BCUT2D eigenvalue weighted by Crippen LogP contribution is -2.36. The normalized spacial score (nSPS) is 11.7. The number of benzene rings is 2. The van der Waals surface area contributed by atoms with Gasteiger partial charge in [-0.25, -0.2) is 9.37 Å². The highest BCUT2D eigenvalue weighted by atomic mass is 19.4. The van der Waals surface area contributed by atoms with E-state index in [0.717, 1.165) is 31.2 Å². The molecule has 12 heteroatoms. The molecule has 4 aromatic rings. The SMILES string of the molecule is CCOc1cc(-c2ccc(CC(=O)Nc3cc(C(C)(C)C(F)(F)F)no3)c(F)c2)cnc1OCc1ccc(OC)cc1. The summed E-state index contributed by atoms with van der Waals surface area (Å²) in [4.78, 5) is 16.8. The topological polar surface area (TPSA) is 95.7 Å². The minimum Gasteiger partial charge on any atom is -0.497 e. The van der Waals surface area contributed by atoms with E-state index in [-0.39, 0.29) is 30.4 Å². The molecule has 2 heterocycles. The van der Waals surface area contributed by atoms with Crippen LogP contribution in [0.2, 0.25) is 0 Å². The van der Waals surface area contributed by atoms with E-state index < -0.39 is 29.0 Å².